The molecular weight excluding hydrogens is 208 g/mol. The molecule has 1 N–H and O–H groups in total. The fraction of sp³-hybridized carbons (Fsp3) is 0.500. The van der Waals surface area contributed by atoms with E-state index in [1.165, 1.54) is 36.0 Å². The average molecular weight is 230 g/mol. The summed E-state index contributed by atoms with van der Waals surface area (Å²) in [6.45, 7) is 4.16. The molecule has 1 nitrogen and oxygen atoms in total. The van der Waals surface area contributed by atoms with Crippen molar-refractivity contribution in [3.05, 3.63) is 46.5 Å². The molecule has 0 saturated carbocycles. The van der Waals surface area contributed by atoms with Crippen LogP contribution in [0.1, 0.15) is 54.9 Å². The molecule has 17 heavy (non-hydrogen) atoms. The summed E-state index contributed by atoms with van der Waals surface area (Å²) < 4.78 is 0. The molecule has 0 aromatic heterocycles. The van der Waals surface area contributed by atoms with Gasteiger partial charge in [0, 0.05) is 0 Å². The van der Waals surface area contributed by atoms with Crippen molar-refractivity contribution in [2.75, 3.05) is 0 Å². The molecule has 1 aromatic carbocycles. The van der Waals surface area contributed by atoms with Crippen LogP contribution in [0.25, 0.3) is 0 Å². The highest BCUT2D eigenvalue weighted by Crippen LogP contribution is 2.31. The van der Waals surface area contributed by atoms with Crippen molar-refractivity contribution in [2.45, 2.75) is 52.1 Å². The van der Waals surface area contributed by atoms with E-state index in [2.05, 4.69) is 38.1 Å². The van der Waals surface area contributed by atoms with Crippen LogP contribution in [0.15, 0.2) is 29.8 Å². The summed E-state index contributed by atoms with van der Waals surface area (Å²) >= 11 is 0. The lowest BCUT2D eigenvalue weighted by molar-refractivity contribution is 0.210. The number of rotatable bonds is 2. The molecule has 0 radical (unpaired) electrons. The number of benzene rings is 1. The first kappa shape index (κ1) is 12.4. The maximum Gasteiger partial charge on any atom is 0.100 e. The summed E-state index contributed by atoms with van der Waals surface area (Å²) in [7, 11) is 0. The van der Waals surface area contributed by atoms with Crippen molar-refractivity contribution in [2.24, 2.45) is 0 Å². The van der Waals surface area contributed by atoms with Crippen LogP contribution in [0, 0.1) is 13.8 Å². The molecule has 1 unspecified atom stereocenters. The molecule has 92 valence electrons. The fourth-order valence-corrected chi connectivity index (χ4v) is 2.54. The number of hydrogen-bond acceptors (Lipinski definition) is 1. The first-order chi connectivity index (χ1) is 8.18. The minimum Gasteiger partial charge on any atom is -0.384 e. The van der Waals surface area contributed by atoms with Crippen LogP contribution in [0.3, 0.4) is 0 Å². The van der Waals surface area contributed by atoms with Gasteiger partial charge < -0.3 is 5.11 Å². The Balaban J connectivity index is 2.26. The molecule has 1 atom stereocenters. The van der Waals surface area contributed by atoms with E-state index in [4.69, 9.17) is 0 Å². The van der Waals surface area contributed by atoms with Gasteiger partial charge in [-0.3, -0.25) is 0 Å². The van der Waals surface area contributed by atoms with Crippen molar-refractivity contribution in [1.82, 2.24) is 0 Å². The van der Waals surface area contributed by atoms with Gasteiger partial charge in [0.15, 0.2) is 0 Å². The van der Waals surface area contributed by atoms with Gasteiger partial charge in [-0.05, 0) is 56.2 Å². The molecule has 0 bridgehead atoms. The number of aliphatic hydroxyl groups excluding tert-OH is 1. The highest BCUT2D eigenvalue weighted by molar-refractivity contribution is 5.36. The molecule has 1 aliphatic carbocycles. The van der Waals surface area contributed by atoms with Crippen LogP contribution in [-0.4, -0.2) is 5.11 Å². The number of aliphatic hydroxyl groups is 1. The molecule has 0 heterocycles. The minimum atomic E-state index is -0.395. The van der Waals surface area contributed by atoms with Gasteiger partial charge in [-0.1, -0.05) is 36.3 Å². The summed E-state index contributed by atoms with van der Waals surface area (Å²) in [5.74, 6) is 0. The van der Waals surface area contributed by atoms with Crippen LogP contribution in [-0.2, 0) is 0 Å². The SMILES string of the molecule is Cc1ccc(C)c(C(O)C2=CCCCCC2)c1. The average Bonchev–Trinajstić information content (AvgIpc) is 2.60. The van der Waals surface area contributed by atoms with Gasteiger partial charge in [0.1, 0.15) is 6.10 Å². The summed E-state index contributed by atoms with van der Waals surface area (Å²) in [5, 5.41) is 10.5. The monoisotopic (exact) mass is 230 g/mol. The second-order valence-electron chi connectivity index (χ2n) is 5.14. The molecule has 0 aliphatic heterocycles. The van der Waals surface area contributed by atoms with E-state index in [1.807, 2.05) is 0 Å². The zero-order valence-electron chi connectivity index (χ0n) is 10.9. The molecular formula is C16H22O. The van der Waals surface area contributed by atoms with E-state index in [0.29, 0.717) is 0 Å². The standard InChI is InChI=1S/C16H22O/c1-12-9-10-13(2)15(11-12)16(17)14-7-5-3-4-6-8-14/h7,9-11,16-17H,3-6,8H2,1-2H3. The summed E-state index contributed by atoms with van der Waals surface area (Å²) in [6, 6.07) is 6.32. The molecule has 1 aromatic rings. The van der Waals surface area contributed by atoms with Crippen molar-refractivity contribution >= 4 is 0 Å². The van der Waals surface area contributed by atoms with Crippen LogP contribution in [0.4, 0.5) is 0 Å². The van der Waals surface area contributed by atoms with Crippen molar-refractivity contribution < 1.29 is 5.11 Å². The normalized spacial score (nSPS) is 18.4. The largest absolute Gasteiger partial charge is 0.384 e. The highest BCUT2D eigenvalue weighted by atomic mass is 16.3. The second-order valence-corrected chi connectivity index (χ2v) is 5.14. The van der Waals surface area contributed by atoms with E-state index in [0.717, 1.165) is 18.4 Å². The summed E-state index contributed by atoms with van der Waals surface area (Å²) in [4.78, 5) is 0. The summed E-state index contributed by atoms with van der Waals surface area (Å²) in [5.41, 5.74) is 4.71. The van der Waals surface area contributed by atoms with Gasteiger partial charge in [0.05, 0.1) is 0 Å². The molecule has 0 spiro atoms. The van der Waals surface area contributed by atoms with Gasteiger partial charge >= 0.3 is 0 Å². The Morgan fingerprint density at radius 3 is 2.76 bits per heavy atom. The zero-order valence-corrected chi connectivity index (χ0v) is 10.9. The van der Waals surface area contributed by atoms with Crippen LogP contribution < -0.4 is 0 Å². The van der Waals surface area contributed by atoms with Crippen LogP contribution >= 0.6 is 0 Å². The van der Waals surface area contributed by atoms with Crippen molar-refractivity contribution in [1.29, 1.82) is 0 Å². The van der Waals surface area contributed by atoms with Crippen LogP contribution in [0.2, 0.25) is 0 Å². The Labute approximate surface area is 104 Å². The second kappa shape index (κ2) is 5.50. The third-order valence-electron chi connectivity index (χ3n) is 3.66. The Morgan fingerprint density at radius 1 is 1.12 bits per heavy atom. The van der Waals surface area contributed by atoms with Crippen molar-refractivity contribution in [3.63, 3.8) is 0 Å². The fourth-order valence-electron chi connectivity index (χ4n) is 2.54. The topological polar surface area (TPSA) is 20.2 Å². The van der Waals surface area contributed by atoms with Gasteiger partial charge in [-0.15, -0.1) is 0 Å². The Bertz CT molecular complexity index is 418. The van der Waals surface area contributed by atoms with Crippen molar-refractivity contribution in [3.8, 4) is 0 Å². The van der Waals surface area contributed by atoms with E-state index in [9.17, 15) is 5.11 Å². The quantitative estimate of drug-likeness (QED) is 0.754. The minimum absolute atomic E-state index is 0.395. The zero-order chi connectivity index (χ0) is 12.3. The summed E-state index contributed by atoms with van der Waals surface area (Å²) in [6.07, 6.45) is 7.80. The first-order valence-corrected chi connectivity index (χ1v) is 6.62. The molecule has 1 aliphatic rings. The highest BCUT2D eigenvalue weighted by Gasteiger charge is 2.16. The smallest absolute Gasteiger partial charge is 0.100 e. The third kappa shape index (κ3) is 2.98. The van der Waals surface area contributed by atoms with E-state index in [1.54, 1.807) is 0 Å². The van der Waals surface area contributed by atoms with Gasteiger partial charge in [-0.25, -0.2) is 0 Å². The predicted molar refractivity (Wildman–Crippen MR) is 72.0 cm³/mol. The van der Waals surface area contributed by atoms with Gasteiger partial charge in [0.25, 0.3) is 0 Å². The van der Waals surface area contributed by atoms with Gasteiger partial charge in [-0.2, -0.15) is 0 Å². The lowest BCUT2D eigenvalue weighted by atomic mass is 9.93. The predicted octanol–water partition coefficient (Wildman–Crippen LogP) is 4.23. The van der Waals surface area contributed by atoms with E-state index >= 15 is 0 Å². The molecule has 0 fully saturated rings. The number of hydrogen-bond donors (Lipinski definition) is 1. The maximum atomic E-state index is 10.5. The van der Waals surface area contributed by atoms with E-state index < -0.39 is 6.10 Å². The molecule has 1 heteroatoms. The molecule has 0 amide bonds. The number of allylic oxidation sites excluding steroid dienone is 1. The maximum absolute atomic E-state index is 10.5. The van der Waals surface area contributed by atoms with E-state index in [-0.39, 0.29) is 0 Å². The Kier molecular flexibility index (Phi) is 4.01. The lowest BCUT2D eigenvalue weighted by Gasteiger charge is -2.17. The molecule has 0 saturated heterocycles. The Morgan fingerprint density at radius 2 is 1.94 bits per heavy atom. The van der Waals surface area contributed by atoms with Gasteiger partial charge in [0.2, 0.25) is 0 Å². The number of aryl methyl sites for hydroxylation is 2. The van der Waals surface area contributed by atoms with Crippen LogP contribution in [0.5, 0.6) is 0 Å². The lowest BCUT2D eigenvalue weighted by Crippen LogP contribution is -2.04. The first-order valence-electron chi connectivity index (χ1n) is 6.62. The molecule has 2 rings (SSSR count). The Hall–Kier alpha value is -1.08. The third-order valence-corrected chi connectivity index (χ3v) is 3.66.